The first kappa shape index (κ1) is 25.3. The largest absolute Gasteiger partial charge is 0.493 e. The number of ether oxygens (including phenoxy) is 2. The molecule has 0 spiro atoms. The fraction of sp³-hybridized carbons (Fsp3) is 0.296. The standard InChI is InChI=1S/C27H27ClN4O4S/c1-30-10-3-11-31(13-12-30)25(33)16-36-22-9-8-20(14-23(22)35-2)32-17-29-21-15-24(37-26(21)27(32)34)18-4-6-19(28)7-5-18/h4-9,14-15,17H,3,10-13,16H2,1-2H3. The Kier molecular flexibility index (Phi) is 7.45. The van der Waals surface area contributed by atoms with E-state index in [1.54, 1.807) is 18.2 Å². The highest BCUT2D eigenvalue weighted by molar-refractivity contribution is 7.22. The Morgan fingerprint density at radius 2 is 1.86 bits per heavy atom. The highest BCUT2D eigenvalue weighted by atomic mass is 35.5. The fourth-order valence-corrected chi connectivity index (χ4v) is 5.48. The van der Waals surface area contributed by atoms with Crippen LogP contribution in [0.5, 0.6) is 11.5 Å². The number of aromatic nitrogens is 2. The van der Waals surface area contributed by atoms with E-state index < -0.39 is 0 Å². The van der Waals surface area contributed by atoms with Crippen LogP contribution in [0.4, 0.5) is 0 Å². The number of fused-ring (bicyclic) bond motifs is 1. The Labute approximate surface area is 223 Å². The molecule has 0 saturated carbocycles. The molecule has 3 heterocycles. The van der Waals surface area contributed by atoms with Crippen LogP contribution >= 0.6 is 22.9 Å². The van der Waals surface area contributed by atoms with E-state index >= 15 is 0 Å². The number of rotatable bonds is 6. The predicted molar refractivity (Wildman–Crippen MR) is 146 cm³/mol. The highest BCUT2D eigenvalue weighted by Gasteiger charge is 2.19. The van der Waals surface area contributed by atoms with Crippen LogP contribution in [0.1, 0.15) is 6.42 Å². The topological polar surface area (TPSA) is 76.9 Å². The Hall–Kier alpha value is -3.40. The van der Waals surface area contributed by atoms with E-state index in [0.29, 0.717) is 39.0 Å². The Morgan fingerprint density at radius 3 is 2.65 bits per heavy atom. The van der Waals surface area contributed by atoms with Gasteiger partial charge in [-0.2, -0.15) is 0 Å². The van der Waals surface area contributed by atoms with Gasteiger partial charge >= 0.3 is 0 Å². The second-order valence-corrected chi connectivity index (χ2v) is 10.4. The zero-order valence-corrected chi connectivity index (χ0v) is 22.2. The molecule has 1 fully saturated rings. The molecular weight excluding hydrogens is 512 g/mol. The summed E-state index contributed by atoms with van der Waals surface area (Å²) in [6, 6.07) is 14.6. The zero-order valence-electron chi connectivity index (χ0n) is 20.6. The molecule has 0 radical (unpaired) electrons. The highest BCUT2D eigenvalue weighted by Crippen LogP contribution is 2.33. The molecule has 1 aliphatic rings. The van der Waals surface area contributed by atoms with E-state index in [1.165, 1.54) is 29.3 Å². The Bertz CT molecular complexity index is 1480. The summed E-state index contributed by atoms with van der Waals surface area (Å²) in [7, 11) is 3.59. The van der Waals surface area contributed by atoms with Crippen molar-refractivity contribution in [2.24, 2.45) is 0 Å². The van der Waals surface area contributed by atoms with Crippen LogP contribution in [0.2, 0.25) is 5.02 Å². The van der Waals surface area contributed by atoms with E-state index in [4.69, 9.17) is 21.1 Å². The van der Waals surface area contributed by atoms with Crippen LogP contribution in [0.15, 0.2) is 59.7 Å². The minimum atomic E-state index is -0.174. The summed E-state index contributed by atoms with van der Waals surface area (Å²) in [5.74, 6) is 0.817. The number of hydrogen-bond acceptors (Lipinski definition) is 7. The SMILES string of the molecule is COc1cc(-n2cnc3cc(-c4ccc(Cl)cc4)sc3c2=O)ccc1OCC(=O)N1CCCN(C)CC1. The minimum absolute atomic E-state index is 0.0542. The third-order valence-electron chi connectivity index (χ3n) is 6.42. The number of methoxy groups -OCH3 is 1. The maximum Gasteiger partial charge on any atom is 0.275 e. The average Bonchev–Trinajstić information content (AvgIpc) is 3.23. The molecule has 0 bridgehead atoms. The zero-order chi connectivity index (χ0) is 25.9. The molecule has 1 amide bonds. The summed E-state index contributed by atoms with van der Waals surface area (Å²) in [4.78, 5) is 35.5. The van der Waals surface area contributed by atoms with E-state index in [0.717, 1.165) is 36.5 Å². The van der Waals surface area contributed by atoms with Gasteiger partial charge in [-0.25, -0.2) is 4.98 Å². The number of amides is 1. The Morgan fingerprint density at radius 1 is 1.05 bits per heavy atom. The number of carbonyl (C=O) groups excluding carboxylic acids is 1. The number of thiophene rings is 1. The second-order valence-electron chi connectivity index (χ2n) is 8.91. The molecule has 1 saturated heterocycles. The molecule has 2 aromatic heterocycles. The predicted octanol–water partition coefficient (Wildman–Crippen LogP) is 4.32. The first-order valence-electron chi connectivity index (χ1n) is 12.0. The van der Waals surface area contributed by atoms with Crippen molar-refractivity contribution in [2.75, 3.05) is 46.9 Å². The summed E-state index contributed by atoms with van der Waals surface area (Å²) in [5, 5.41) is 0.658. The first-order chi connectivity index (χ1) is 17.9. The summed E-state index contributed by atoms with van der Waals surface area (Å²) in [6.07, 6.45) is 2.46. The van der Waals surface area contributed by atoms with Crippen LogP contribution in [0.3, 0.4) is 0 Å². The van der Waals surface area contributed by atoms with E-state index in [9.17, 15) is 9.59 Å². The number of hydrogen-bond donors (Lipinski definition) is 0. The summed E-state index contributed by atoms with van der Waals surface area (Å²) < 4.78 is 13.4. The van der Waals surface area contributed by atoms with Gasteiger partial charge < -0.3 is 19.3 Å². The maximum absolute atomic E-state index is 13.3. The average molecular weight is 539 g/mol. The quantitative estimate of drug-likeness (QED) is 0.364. The molecule has 0 unspecified atom stereocenters. The lowest BCUT2D eigenvalue weighted by atomic mass is 10.2. The third kappa shape index (κ3) is 5.49. The lowest BCUT2D eigenvalue weighted by molar-refractivity contribution is -0.133. The Balaban J connectivity index is 1.36. The maximum atomic E-state index is 13.3. The molecule has 0 atom stereocenters. The molecule has 37 heavy (non-hydrogen) atoms. The van der Waals surface area contributed by atoms with Gasteiger partial charge in [0.05, 0.1) is 18.3 Å². The van der Waals surface area contributed by atoms with Gasteiger partial charge in [0.2, 0.25) is 0 Å². The molecule has 0 aliphatic carbocycles. The molecule has 1 aliphatic heterocycles. The van der Waals surface area contributed by atoms with Crippen molar-refractivity contribution < 1.29 is 14.3 Å². The van der Waals surface area contributed by atoms with Crippen LogP contribution in [0.25, 0.3) is 26.3 Å². The molecule has 8 nitrogen and oxygen atoms in total. The minimum Gasteiger partial charge on any atom is -0.493 e. The van der Waals surface area contributed by atoms with Crippen LogP contribution in [0, 0.1) is 0 Å². The number of halogens is 1. The van der Waals surface area contributed by atoms with Gasteiger partial charge in [-0.1, -0.05) is 23.7 Å². The van der Waals surface area contributed by atoms with Crippen LogP contribution in [-0.4, -0.2) is 72.2 Å². The lowest BCUT2D eigenvalue weighted by Gasteiger charge is -2.21. The van der Waals surface area contributed by atoms with Gasteiger partial charge in [0.1, 0.15) is 11.0 Å². The van der Waals surface area contributed by atoms with Gasteiger partial charge in [-0.3, -0.25) is 14.2 Å². The van der Waals surface area contributed by atoms with Crippen LogP contribution < -0.4 is 15.0 Å². The third-order valence-corrected chi connectivity index (χ3v) is 7.83. The van der Waals surface area contributed by atoms with Crippen molar-refractivity contribution in [1.29, 1.82) is 0 Å². The van der Waals surface area contributed by atoms with Gasteiger partial charge in [0.25, 0.3) is 11.5 Å². The summed E-state index contributed by atoms with van der Waals surface area (Å²) in [6.45, 7) is 3.17. The second kappa shape index (κ2) is 10.9. The molecule has 10 heteroatoms. The number of carbonyl (C=O) groups is 1. The number of nitrogens with zero attached hydrogens (tertiary/aromatic N) is 4. The van der Waals surface area contributed by atoms with E-state index in [1.807, 2.05) is 35.2 Å². The van der Waals surface area contributed by atoms with Crippen molar-refractivity contribution >= 4 is 39.1 Å². The molecule has 4 aromatic rings. The summed E-state index contributed by atoms with van der Waals surface area (Å²) in [5.41, 5.74) is 2.03. The van der Waals surface area contributed by atoms with Crippen molar-refractivity contribution in [3.8, 4) is 27.6 Å². The number of benzene rings is 2. The van der Waals surface area contributed by atoms with Gasteiger partial charge in [0, 0.05) is 35.6 Å². The lowest BCUT2D eigenvalue weighted by Crippen LogP contribution is -2.37. The van der Waals surface area contributed by atoms with Crippen molar-refractivity contribution in [3.63, 3.8) is 0 Å². The monoisotopic (exact) mass is 538 g/mol. The molecule has 2 aromatic carbocycles. The number of likely N-dealkylation sites (N-methyl/N-ethyl adjacent to an activating group) is 1. The molecule has 5 rings (SSSR count). The van der Waals surface area contributed by atoms with Gasteiger partial charge in [0.15, 0.2) is 18.1 Å². The molecular formula is C27H27ClN4O4S. The fourth-order valence-electron chi connectivity index (χ4n) is 4.30. The van der Waals surface area contributed by atoms with Crippen molar-refractivity contribution in [1.82, 2.24) is 19.4 Å². The van der Waals surface area contributed by atoms with Crippen molar-refractivity contribution in [3.05, 3.63) is 70.2 Å². The van der Waals surface area contributed by atoms with E-state index in [2.05, 4.69) is 16.9 Å². The smallest absolute Gasteiger partial charge is 0.275 e. The van der Waals surface area contributed by atoms with Gasteiger partial charge in [-0.15, -0.1) is 11.3 Å². The van der Waals surface area contributed by atoms with Gasteiger partial charge in [-0.05, 0) is 55.9 Å². The normalized spacial score (nSPS) is 14.5. The van der Waals surface area contributed by atoms with Crippen molar-refractivity contribution in [2.45, 2.75) is 6.42 Å². The first-order valence-corrected chi connectivity index (χ1v) is 13.2. The molecule has 0 N–H and O–H groups in total. The summed E-state index contributed by atoms with van der Waals surface area (Å²) >= 11 is 7.40. The molecule has 192 valence electrons. The van der Waals surface area contributed by atoms with Crippen LogP contribution in [-0.2, 0) is 4.79 Å². The van der Waals surface area contributed by atoms with E-state index in [-0.39, 0.29) is 18.1 Å².